The van der Waals surface area contributed by atoms with Crippen LogP contribution in [0.4, 0.5) is 11.4 Å². The molecule has 0 fully saturated rings. The molecular weight excluding hydrogens is 236 g/mol. The first-order valence-electron chi connectivity index (χ1n) is 5.62. The van der Waals surface area contributed by atoms with Crippen molar-refractivity contribution in [3.63, 3.8) is 0 Å². The number of carbonyl (C=O) groups is 2. The highest BCUT2D eigenvalue weighted by Gasteiger charge is 2.40. The number of rotatable bonds is 1. The number of anilines is 2. The lowest BCUT2D eigenvalue weighted by molar-refractivity contribution is -0.116. The highest BCUT2D eigenvalue weighted by atomic mass is 16.4. The molecule has 0 saturated carbocycles. The molecule has 0 radical (unpaired) electrons. The minimum absolute atomic E-state index is 0.129. The number of amides is 1. The van der Waals surface area contributed by atoms with E-state index in [-0.39, 0.29) is 17.2 Å². The number of carbonyl (C=O) groups excluding carboxylic acids is 1. The van der Waals surface area contributed by atoms with Crippen LogP contribution in [0.3, 0.4) is 0 Å². The summed E-state index contributed by atoms with van der Waals surface area (Å²) in [7, 11) is 1.80. The Morgan fingerprint density at radius 1 is 1.44 bits per heavy atom. The van der Waals surface area contributed by atoms with Crippen molar-refractivity contribution < 1.29 is 19.1 Å². The molecule has 0 atom stereocenters. The van der Waals surface area contributed by atoms with E-state index >= 15 is 0 Å². The second-order valence-corrected chi connectivity index (χ2v) is 5.08. The summed E-state index contributed by atoms with van der Waals surface area (Å²) in [6.07, 6.45) is 1.33. The third kappa shape index (κ3) is 1.64. The summed E-state index contributed by atoms with van der Waals surface area (Å²) in [5.41, 5.74) is 0.614. The average molecular weight is 252 g/mol. The lowest BCUT2D eigenvalue weighted by Crippen LogP contribution is -2.55. The third-order valence-electron chi connectivity index (χ3n) is 3.40. The molecule has 1 N–H and O–H groups in total. The van der Waals surface area contributed by atoms with Gasteiger partial charge in [0.15, 0.2) is 0 Å². The molecule has 1 amide bonds. The number of carboxylic acid groups (broad SMARTS) is 1. The van der Waals surface area contributed by atoms with E-state index in [1.165, 1.54) is 13.2 Å². The quantitative estimate of drug-likeness (QED) is 0.821. The zero-order chi connectivity index (χ0) is 13.7. The van der Waals surface area contributed by atoms with E-state index in [0.717, 1.165) is 0 Å². The Balaban J connectivity index is 2.63. The van der Waals surface area contributed by atoms with Gasteiger partial charge in [0.25, 0.3) is 0 Å². The maximum atomic E-state index is 11.7. The molecule has 0 aromatic carbocycles. The van der Waals surface area contributed by atoms with Gasteiger partial charge in [-0.1, -0.05) is 0 Å². The number of nitrogens with zero attached hydrogens (tertiary/aromatic N) is 2. The summed E-state index contributed by atoms with van der Waals surface area (Å²) in [6, 6.07) is 0. The Kier molecular flexibility index (Phi) is 2.61. The van der Waals surface area contributed by atoms with Gasteiger partial charge in [0.1, 0.15) is 17.6 Å². The minimum atomic E-state index is -1.13. The molecule has 98 valence electrons. The zero-order valence-electron chi connectivity index (χ0n) is 10.9. The van der Waals surface area contributed by atoms with Gasteiger partial charge in [-0.15, -0.1) is 0 Å². The molecule has 1 aromatic rings. The Bertz CT molecular complexity index is 518. The summed E-state index contributed by atoms with van der Waals surface area (Å²) >= 11 is 0. The second kappa shape index (κ2) is 3.76. The molecule has 0 spiro atoms. The van der Waals surface area contributed by atoms with Gasteiger partial charge in [-0.2, -0.15) is 0 Å². The molecule has 6 heteroatoms. The molecule has 0 aliphatic carbocycles. The topological polar surface area (TPSA) is 74.0 Å². The number of hydrogen-bond acceptors (Lipinski definition) is 4. The third-order valence-corrected chi connectivity index (χ3v) is 3.40. The maximum Gasteiger partial charge on any atom is 0.374 e. The highest BCUT2D eigenvalue weighted by Crippen LogP contribution is 2.42. The predicted octanol–water partition coefficient (Wildman–Crippen LogP) is 1.56. The van der Waals surface area contributed by atoms with Gasteiger partial charge in [-0.3, -0.25) is 4.79 Å². The molecule has 2 rings (SSSR count). The summed E-state index contributed by atoms with van der Waals surface area (Å²) in [5, 5.41) is 9.12. The van der Waals surface area contributed by atoms with Crippen LogP contribution in [0.5, 0.6) is 0 Å². The normalized spacial score (nSPS) is 17.6. The highest BCUT2D eigenvalue weighted by molar-refractivity contribution is 6.02. The van der Waals surface area contributed by atoms with E-state index in [2.05, 4.69) is 0 Å². The van der Waals surface area contributed by atoms with E-state index in [1.807, 2.05) is 18.7 Å². The van der Waals surface area contributed by atoms with Gasteiger partial charge in [0.05, 0.1) is 5.54 Å². The lowest BCUT2D eigenvalue weighted by Gasteiger charge is -2.45. The van der Waals surface area contributed by atoms with E-state index in [9.17, 15) is 9.59 Å². The lowest BCUT2D eigenvalue weighted by atomic mass is 9.97. The average Bonchev–Trinajstić information content (AvgIpc) is 2.67. The van der Waals surface area contributed by atoms with Crippen molar-refractivity contribution in [3.05, 3.63) is 12.0 Å². The van der Waals surface area contributed by atoms with E-state index in [0.29, 0.717) is 17.9 Å². The van der Waals surface area contributed by atoms with Crippen LogP contribution in [0.1, 0.15) is 31.3 Å². The fourth-order valence-corrected chi connectivity index (χ4v) is 2.17. The summed E-state index contributed by atoms with van der Waals surface area (Å²) < 4.78 is 5.09. The molecule has 2 heterocycles. The Hall–Kier alpha value is -1.98. The van der Waals surface area contributed by atoms with Crippen LogP contribution < -0.4 is 9.80 Å². The Morgan fingerprint density at radius 3 is 2.56 bits per heavy atom. The molecular formula is C12H16N2O4. The van der Waals surface area contributed by atoms with Crippen LogP contribution >= 0.6 is 0 Å². The molecule has 0 bridgehead atoms. The number of likely N-dealkylation sites (N-methyl/N-ethyl adjacent to an activating group) is 1. The second-order valence-electron chi connectivity index (χ2n) is 5.08. The summed E-state index contributed by atoms with van der Waals surface area (Å²) in [5.74, 6) is -1.40. The van der Waals surface area contributed by atoms with Gasteiger partial charge in [0.2, 0.25) is 11.7 Å². The standard InChI is InChI=1S/C12H16N2O4/c1-7(15)14-6-12(2,3)13(4)9-8(14)5-18-10(9)11(16)17/h5H,6H2,1-4H3,(H,16,17). The number of fused-ring (bicyclic) bond motifs is 1. The van der Waals surface area contributed by atoms with Crippen molar-refractivity contribution in [1.82, 2.24) is 0 Å². The monoisotopic (exact) mass is 252 g/mol. The van der Waals surface area contributed by atoms with Crippen molar-refractivity contribution in [2.24, 2.45) is 0 Å². The van der Waals surface area contributed by atoms with E-state index in [1.54, 1.807) is 11.9 Å². The molecule has 18 heavy (non-hydrogen) atoms. The molecule has 1 aliphatic rings. The first-order chi connectivity index (χ1) is 8.25. The zero-order valence-corrected chi connectivity index (χ0v) is 10.9. The molecule has 6 nitrogen and oxygen atoms in total. The largest absolute Gasteiger partial charge is 0.475 e. The number of aromatic carboxylic acids is 1. The molecule has 1 aromatic heterocycles. The van der Waals surface area contributed by atoms with Gasteiger partial charge >= 0.3 is 5.97 Å². The number of furan rings is 1. The molecule has 0 saturated heterocycles. The van der Waals surface area contributed by atoms with Gasteiger partial charge in [-0.25, -0.2) is 4.79 Å². The van der Waals surface area contributed by atoms with Crippen LogP contribution in [0, 0.1) is 0 Å². The first kappa shape index (κ1) is 12.5. The Labute approximate surface area is 105 Å². The van der Waals surface area contributed by atoms with Crippen LogP contribution in [-0.2, 0) is 4.79 Å². The molecule has 0 unspecified atom stereocenters. The van der Waals surface area contributed by atoms with Crippen LogP contribution in [-0.4, -0.2) is 36.1 Å². The smallest absolute Gasteiger partial charge is 0.374 e. The van der Waals surface area contributed by atoms with Crippen molar-refractivity contribution in [2.45, 2.75) is 26.3 Å². The van der Waals surface area contributed by atoms with Crippen molar-refractivity contribution in [2.75, 3.05) is 23.4 Å². The fraction of sp³-hybridized carbons (Fsp3) is 0.500. The van der Waals surface area contributed by atoms with E-state index in [4.69, 9.17) is 9.52 Å². The van der Waals surface area contributed by atoms with Crippen molar-refractivity contribution in [1.29, 1.82) is 0 Å². The maximum absolute atomic E-state index is 11.7. The Morgan fingerprint density at radius 2 is 2.06 bits per heavy atom. The van der Waals surface area contributed by atoms with E-state index < -0.39 is 5.97 Å². The number of hydrogen-bond donors (Lipinski definition) is 1. The van der Waals surface area contributed by atoms with Crippen LogP contribution in [0.25, 0.3) is 0 Å². The predicted molar refractivity (Wildman–Crippen MR) is 66.2 cm³/mol. The fourth-order valence-electron chi connectivity index (χ4n) is 2.17. The van der Waals surface area contributed by atoms with Crippen LogP contribution in [0.15, 0.2) is 10.7 Å². The van der Waals surface area contributed by atoms with Crippen molar-refractivity contribution >= 4 is 23.3 Å². The van der Waals surface area contributed by atoms with Gasteiger partial charge in [0, 0.05) is 20.5 Å². The molecule has 1 aliphatic heterocycles. The SMILES string of the molecule is CC(=O)N1CC(C)(C)N(C)c2c1coc2C(=O)O. The number of carboxylic acids is 1. The summed E-state index contributed by atoms with van der Waals surface area (Å²) in [6.45, 7) is 5.85. The summed E-state index contributed by atoms with van der Waals surface area (Å²) in [4.78, 5) is 26.2. The first-order valence-corrected chi connectivity index (χ1v) is 5.62. The van der Waals surface area contributed by atoms with Gasteiger partial charge < -0.3 is 19.3 Å². The van der Waals surface area contributed by atoms with Crippen molar-refractivity contribution in [3.8, 4) is 0 Å². The van der Waals surface area contributed by atoms with Crippen LogP contribution in [0.2, 0.25) is 0 Å². The van der Waals surface area contributed by atoms with Gasteiger partial charge in [-0.05, 0) is 13.8 Å². The minimum Gasteiger partial charge on any atom is -0.475 e.